The third kappa shape index (κ3) is 3.60. The van der Waals surface area contributed by atoms with Gasteiger partial charge in [0.25, 0.3) is 5.91 Å². The molecule has 1 N–H and O–H groups in total. The number of carbonyl (C=O) groups is 1. The van der Waals surface area contributed by atoms with E-state index in [1.165, 1.54) is 23.5 Å². The summed E-state index contributed by atoms with van der Waals surface area (Å²) in [6, 6.07) is 1.38. The van der Waals surface area contributed by atoms with Gasteiger partial charge >= 0.3 is 6.18 Å². The van der Waals surface area contributed by atoms with Crippen molar-refractivity contribution in [3.05, 3.63) is 35.9 Å². The number of hydrogen-bond donors (Lipinski definition) is 1. The Labute approximate surface area is 160 Å². The summed E-state index contributed by atoms with van der Waals surface area (Å²) in [4.78, 5) is 14.5. The van der Waals surface area contributed by atoms with E-state index in [9.17, 15) is 23.1 Å². The Kier molecular flexibility index (Phi) is 5.42. The minimum Gasteiger partial charge on any atom is -0.380 e. The lowest BCUT2D eigenvalue weighted by molar-refractivity contribution is -0.271. The van der Waals surface area contributed by atoms with E-state index in [2.05, 4.69) is 15.3 Å². The van der Waals surface area contributed by atoms with Crippen molar-refractivity contribution < 1.29 is 23.1 Å². The molecular formula is C18H22F3N5O2. The molecule has 3 rings (SSSR count). The van der Waals surface area contributed by atoms with Gasteiger partial charge in [-0.1, -0.05) is 0 Å². The largest absolute Gasteiger partial charge is 0.417 e. The normalized spacial score (nSPS) is 22.9. The van der Waals surface area contributed by atoms with E-state index >= 15 is 0 Å². The molecule has 0 aromatic carbocycles. The molecule has 7 nitrogen and oxygen atoms in total. The van der Waals surface area contributed by atoms with Crippen LogP contribution in [-0.2, 0) is 0 Å². The molecule has 152 valence electrons. The lowest BCUT2D eigenvalue weighted by Gasteiger charge is -2.37. The zero-order chi connectivity index (χ0) is 20.5. The molecule has 1 aliphatic rings. The molecule has 2 aromatic rings. The molecule has 1 fully saturated rings. The number of hydrogen-bond acceptors (Lipinski definition) is 5. The maximum atomic E-state index is 13.0. The molecule has 1 amide bonds. The molecule has 0 bridgehead atoms. The summed E-state index contributed by atoms with van der Waals surface area (Å²) in [5.41, 5.74) is -1.07. The topological polar surface area (TPSA) is 84.1 Å². The first-order chi connectivity index (χ1) is 13.2. The molecule has 1 aliphatic carbocycles. The predicted molar refractivity (Wildman–Crippen MR) is 94.9 cm³/mol. The molecule has 0 atom stereocenters. The van der Waals surface area contributed by atoms with Crippen molar-refractivity contribution in [2.24, 2.45) is 0 Å². The molecule has 2 aromatic heterocycles. The van der Waals surface area contributed by atoms with Crippen LogP contribution in [-0.4, -0.2) is 49.3 Å². The second kappa shape index (κ2) is 7.50. The highest BCUT2D eigenvalue weighted by molar-refractivity contribution is 6.06. The number of carbonyl (C=O) groups excluding carboxylic acids is 1. The third-order valence-electron chi connectivity index (χ3n) is 5.37. The minimum absolute atomic E-state index is 0.137. The van der Waals surface area contributed by atoms with Crippen LogP contribution in [0.4, 0.5) is 18.9 Å². The number of anilines is 1. The van der Waals surface area contributed by atoms with Gasteiger partial charge in [-0.2, -0.15) is 28.5 Å². The molecule has 0 radical (unpaired) electrons. The van der Waals surface area contributed by atoms with Crippen LogP contribution >= 0.6 is 0 Å². The maximum Gasteiger partial charge on any atom is 0.417 e. The van der Waals surface area contributed by atoms with E-state index in [-0.39, 0.29) is 37.6 Å². The van der Waals surface area contributed by atoms with Crippen molar-refractivity contribution >= 4 is 11.6 Å². The van der Waals surface area contributed by atoms with Crippen molar-refractivity contribution in [3.8, 4) is 0 Å². The molecule has 28 heavy (non-hydrogen) atoms. The van der Waals surface area contributed by atoms with Crippen molar-refractivity contribution in [3.63, 3.8) is 0 Å². The summed E-state index contributed by atoms with van der Waals surface area (Å²) >= 11 is 0. The number of nitrogens with zero attached hydrogens (tertiary/aromatic N) is 5. The van der Waals surface area contributed by atoms with E-state index in [0.717, 1.165) is 0 Å². The van der Waals surface area contributed by atoms with Gasteiger partial charge in [0, 0.05) is 12.2 Å². The smallest absolute Gasteiger partial charge is 0.380 e. The second-order valence-electron chi connectivity index (χ2n) is 7.00. The second-order valence-corrected chi connectivity index (χ2v) is 7.00. The van der Waals surface area contributed by atoms with Gasteiger partial charge in [0.1, 0.15) is 0 Å². The van der Waals surface area contributed by atoms with Crippen LogP contribution in [0.5, 0.6) is 0 Å². The maximum absolute atomic E-state index is 13.0. The number of rotatable bonds is 4. The standard InChI is InChI=1S/C18H22F3N5O2/c1-3-25(14-6-9-22-23-10-14)16(27)15-11-24-26(12(15)2)13-4-7-17(28,8-5-13)18(19,20)21/h6,9-11,13,28H,3-5,7-8H2,1-2H3. The van der Waals surface area contributed by atoms with E-state index in [0.29, 0.717) is 23.5 Å². The molecular weight excluding hydrogens is 375 g/mol. The van der Waals surface area contributed by atoms with Crippen LogP contribution in [0, 0.1) is 6.92 Å². The lowest BCUT2D eigenvalue weighted by atomic mass is 9.81. The number of aromatic nitrogens is 4. The Morgan fingerprint density at radius 2 is 2.00 bits per heavy atom. The van der Waals surface area contributed by atoms with Crippen LogP contribution < -0.4 is 4.90 Å². The van der Waals surface area contributed by atoms with E-state index < -0.39 is 11.8 Å². The highest BCUT2D eigenvalue weighted by Gasteiger charge is 2.54. The van der Waals surface area contributed by atoms with Crippen LogP contribution in [0.25, 0.3) is 0 Å². The first kappa shape index (κ1) is 20.2. The minimum atomic E-state index is -4.64. The molecule has 0 unspecified atom stereocenters. The van der Waals surface area contributed by atoms with Gasteiger partial charge in [-0.3, -0.25) is 9.48 Å². The van der Waals surface area contributed by atoms with Gasteiger partial charge in [0.05, 0.1) is 35.9 Å². The van der Waals surface area contributed by atoms with Crippen molar-refractivity contribution in [2.45, 2.75) is 57.3 Å². The molecule has 0 spiro atoms. The quantitative estimate of drug-likeness (QED) is 0.857. The van der Waals surface area contributed by atoms with Gasteiger partial charge in [-0.15, -0.1) is 0 Å². The fourth-order valence-electron chi connectivity index (χ4n) is 3.64. The number of alkyl halides is 3. The average molecular weight is 397 g/mol. The Balaban J connectivity index is 1.78. The first-order valence-corrected chi connectivity index (χ1v) is 9.09. The Morgan fingerprint density at radius 3 is 2.54 bits per heavy atom. The highest BCUT2D eigenvalue weighted by atomic mass is 19.4. The van der Waals surface area contributed by atoms with Crippen LogP contribution in [0.3, 0.4) is 0 Å². The van der Waals surface area contributed by atoms with E-state index in [1.54, 1.807) is 17.7 Å². The average Bonchev–Trinajstić information content (AvgIpc) is 3.04. The third-order valence-corrected chi connectivity index (χ3v) is 5.37. The van der Waals surface area contributed by atoms with Gasteiger partial charge in [-0.25, -0.2) is 0 Å². The zero-order valence-corrected chi connectivity index (χ0v) is 15.6. The van der Waals surface area contributed by atoms with Crippen molar-refractivity contribution in [2.75, 3.05) is 11.4 Å². The summed E-state index contributed by atoms with van der Waals surface area (Å²) in [5, 5.41) is 21.6. The summed E-state index contributed by atoms with van der Waals surface area (Å²) < 4.78 is 40.6. The summed E-state index contributed by atoms with van der Waals surface area (Å²) in [7, 11) is 0. The highest BCUT2D eigenvalue weighted by Crippen LogP contribution is 2.44. The summed E-state index contributed by atoms with van der Waals surface area (Å²) in [5.74, 6) is -0.262. The summed E-state index contributed by atoms with van der Waals surface area (Å²) in [6.45, 7) is 3.97. The van der Waals surface area contributed by atoms with Gasteiger partial charge in [0.15, 0.2) is 5.60 Å². The Bertz CT molecular complexity index is 829. The van der Waals surface area contributed by atoms with E-state index in [1.807, 2.05) is 6.92 Å². The fourth-order valence-corrected chi connectivity index (χ4v) is 3.64. The fraction of sp³-hybridized carbons (Fsp3) is 0.556. The molecule has 0 aliphatic heterocycles. The number of halogens is 3. The molecule has 1 saturated carbocycles. The number of aliphatic hydroxyl groups is 1. The molecule has 10 heteroatoms. The van der Waals surface area contributed by atoms with Crippen LogP contribution in [0.2, 0.25) is 0 Å². The SMILES string of the molecule is CCN(C(=O)c1cnn(C2CCC(O)(C(F)(F)F)CC2)c1C)c1ccnnc1. The lowest BCUT2D eigenvalue weighted by Crippen LogP contribution is -2.48. The van der Waals surface area contributed by atoms with Crippen LogP contribution in [0.15, 0.2) is 24.7 Å². The van der Waals surface area contributed by atoms with Gasteiger partial charge in [0.2, 0.25) is 0 Å². The van der Waals surface area contributed by atoms with Gasteiger partial charge in [-0.05, 0) is 45.6 Å². The first-order valence-electron chi connectivity index (χ1n) is 9.09. The number of amides is 1. The van der Waals surface area contributed by atoms with Gasteiger partial charge < -0.3 is 10.0 Å². The Morgan fingerprint density at radius 1 is 1.32 bits per heavy atom. The van der Waals surface area contributed by atoms with E-state index in [4.69, 9.17) is 0 Å². The molecule has 2 heterocycles. The molecule has 0 saturated heterocycles. The zero-order valence-electron chi connectivity index (χ0n) is 15.6. The predicted octanol–water partition coefficient (Wildman–Crippen LogP) is 3.06. The van der Waals surface area contributed by atoms with Crippen molar-refractivity contribution in [1.82, 2.24) is 20.0 Å². The van der Waals surface area contributed by atoms with Crippen molar-refractivity contribution in [1.29, 1.82) is 0 Å². The Hall–Kier alpha value is -2.49. The monoisotopic (exact) mass is 397 g/mol. The summed E-state index contributed by atoms with van der Waals surface area (Å²) in [6.07, 6.45) is -0.708. The van der Waals surface area contributed by atoms with Crippen LogP contribution in [0.1, 0.15) is 54.7 Å².